The predicted octanol–water partition coefficient (Wildman–Crippen LogP) is 14.7. The zero-order valence-corrected chi connectivity index (χ0v) is 33.8. The highest BCUT2D eigenvalue weighted by molar-refractivity contribution is 5.86. The highest BCUT2D eigenvalue weighted by Crippen LogP contribution is 2.53. The number of hydrogen-bond donors (Lipinski definition) is 0. The minimum absolute atomic E-state index is 0.00887. The van der Waals surface area contributed by atoms with Gasteiger partial charge in [-0.1, -0.05) is 194 Å². The highest BCUT2D eigenvalue weighted by Gasteiger charge is 2.44. The van der Waals surface area contributed by atoms with Gasteiger partial charge < -0.3 is 0 Å². The average molecular weight is 815 g/mol. The van der Waals surface area contributed by atoms with Crippen LogP contribution in [0, 0.1) is 0 Å². The van der Waals surface area contributed by atoms with Crippen LogP contribution >= 0.6 is 0 Å². The fourth-order valence-corrected chi connectivity index (χ4v) is 8.39. The van der Waals surface area contributed by atoms with Crippen LogP contribution in [0.3, 0.4) is 0 Å². The van der Waals surface area contributed by atoms with Crippen LogP contribution in [-0.2, 0) is 5.92 Å². The fraction of sp³-hybridized carbons (Fsp3) is 0.0175. The van der Waals surface area contributed by atoms with E-state index < -0.39 is 5.92 Å². The highest BCUT2D eigenvalue weighted by atomic mass is 19.3. The summed E-state index contributed by atoms with van der Waals surface area (Å²) in [7, 11) is 0. The number of halogens is 2. The zero-order valence-electron chi connectivity index (χ0n) is 33.8. The second-order valence-electron chi connectivity index (χ2n) is 15.6. The summed E-state index contributed by atoms with van der Waals surface area (Å²) in [5.74, 6) is -1.91. The third-order valence-corrected chi connectivity index (χ3v) is 11.7. The lowest BCUT2D eigenvalue weighted by atomic mass is 9.97. The molecule has 0 saturated carbocycles. The number of aromatic nitrogens is 4. The first-order valence-electron chi connectivity index (χ1n) is 20.8. The quantitative estimate of drug-likeness (QED) is 0.153. The van der Waals surface area contributed by atoms with Crippen molar-refractivity contribution in [2.75, 3.05) is 0 Å². The molecule has 0 atom stereocenters. The van der Waals surface area contributed by atoms with E-state index in [0.717, 1.165) is 78.4 Å². The molecule has 0 saturated heterocycles. The molecule has 298 valence electrons. The maximum Gasteiger partial charge on any atom is 0.299 e. The smallest absolute Gasteiger partial charge is 0.228 e. The predicted molar refractivity (Wildman–Crippen MR) is 250 cm³/mol. The number of rotatable bonds is 8. The van der Waals surface area contributed by atoms with E-state index in [4.69, 9.17) is 19.9 Å². The summed E-state index contributed by atoms with van der Waals surface area (Å²) in [6.07, 6.45) is 0. The van der Waals surface area contributed by atoms with Crippen molar-refractivity contribution in [3.05, 3.63) is 230 Å². The Labute approximate surface area is 364 Å². The molecule has 1 aliphatic rings. The molecule has 8 aromatic carbocycles. The monoisotopic (exact) mass is 814 g/mol. The molecule has 4 nitrogen and oxygen atoms in total. The van der Waals surface area contributed by atoms with E-state index in [0.29, 0.717) is 22.8 Å². The molecule has 11 rings (SSSR count). The third kappa shape index (κ3) is 7.17. The molecular formula is C57H36F2N4. The van der Waals surface area contributed by atoms with E-state index >= 15 is 8.78 Å². The topological polar surface area (TPSA) is 51.6 Å². The molecule has 10 aromatic rings. The number of alkyl halides is 2. The van der Waals surface area contributed by atoms with Gasteiger partial charge in [0.05, 0.1) is 22.8 Å². The molecule has 0 amide bonds. The van der Waals surface area contributed by atoms with Crippen LogP contribution in [0.4, 0.5) is 8.78 Å². The van der Waals surface area contributed by atoms with Gasteiger partial charge in [-0.3, -0.25) is 0 Å². The SMILES string of the molecule is FC1(F)c2cc(-c3ccc(-c4cc(-c5ccccc5)nc(-c5ccccc5)n4)cc3)ccc2-c2ccc(-c3ccc(-c4cc(-c5ccccc5)nc(-c5ccccc5)n4)cc3)cc21. The first-order valence-corrected chi connectivity index (χ1v) is 20.8. The van der Waals surface area contributed by atoms with Gasteiger partial charge in [-0.05, 0) is 57.6 Å². The Hall–Kier alpha value is -8.22. The molecule has 0 bridgehead atoms. The van der Waals surface area contributed by atoms with Gasteiger partial charge in [0, 0.05) is 44.5 Å². The molecule has 2 heterocycles. The van der Waals surface area contributed by atoms with E-state index in [1.165, 1.54) is 0 Å². The summed E-state index contributed by atoms with van der Waals surface area (Å²) < 4.78 is 33.2. The van der Waals surface area contributed by atoms with E-state index in [2.05, 4.69) is 0 Å². The summed E-state index contributed by atoms with van der Waals surface area (Å²) in [6.45, 7) is 0. The molecule has 0 N–H and O–H groups in total. The molecule has 2 aromatic heterocycles. The minimum Gasteiger partial charge on any atom is -0.228 e. The Morgan fingerprint density at radius 2 is 0.524 bits per heavy atom. The lowest BCUT2D eigenvalue weighted by Crippen LogP contribution is -2.11. The number of hydrogen-bond acceptors (Lipinski definition) is 4. The van der Waals surface area contributed by atoms with Crippen molar-refractivity contribution in [3.63, 3.8) is 0 Å². The molecule has 0 spiro atoms. The molecule has 63 heavy (non-hydrogen) atoms. The van der Waals surface area contributed by atoms with Crippen LogP contribution in [0.15, 0.2) is 218 Å². The Morgan fingerprint density at radius 1 is 0.254 bits per heavy atom. The second kappa shape index (κ2) is 15.7. The van der Waals surface area contributed by atoms with Crippen molar-refractivity contribution in [3.8, 4) is 101 Å². The maximum atomic E-state index is 16.6. The summed E-state index contributed by atoms with van der Waals surface area (Å²) in [5, 5.41) is 0. The molecule has 6 heteroatoms. The molecule has 0 radical (unpaired) electrons. The lowest BCUT2D eigenvalue weighted by Gasteiger charge is -2.15. The molecule has 0 aliphatic heterocycles. The number of benzene rings is 8. The van der Waals surface area contributed by atoms with Crippen LogP contribution in [0.25, 0.3) is 101 Å². The van der Waals surface area contributed by atoms with Crippen molar-refractivity contribution >= 4 is 0 Å². The Morgan fingerprint density at radius 3 is 0.857 bits per heavy atom. The van der Waals surface area contributed by atoms with Gasteiger partial charge in [0.1, 0.15) is 0 Å². The van der Waals surface area contributed by atoms with Gasteiger partial charge in [-0.25, -0.2) is 19.9 Å². The summed E-state index contributed by atoms with van der Waals surface area (Å²) in [6, 6.07) is 70.6. The molecule has 1 aliphatic carbocycles. The third-order valence-electron chi connectivity index (χ3n) is 11.7. The minimum atomic E-state index is -3.18. The van der Waals surface area contributed by atoms with E-state index in [9.17, 15) is 0 Å². The molecule has 0 unspecified atom stereocenters. The van der Waals surface area contributed by atoms with Gasteiger partial charge in [0.25, 0.3) is 5.92 Å². The Bertz CT molecular complexity index is 2930. The van der Waals surface area contributed by atoms with Gasteiger partial charge in [0.2, 0.25) is 0 Å². The van der Waals surface area contributed by atoms with Crippen molar-refractivity contribution in [2.45, 2.75) is 5.92 Å². The number of fused-ring (bicyclic) bond motifs is 3. The Balaban J connectivity index is 0.875. The first-order chi connectivity index (χ1) is 30.9. The van der Waals surface area contributed by atoms with Gasteiger partial charge >= 0.3 is 0 Å². The molecule has 0 fully saturated rings. The van der Waals surface area contributed by atoms with E-state index in [1.54, 1.807) is 12.1 Å². The van der Waals surface area contributed by atoms with E-state index in [-0.39, 0.29) is 11.1 Å². The second-order valence-corrected chi connectivity index (χ2v) is 15.6. The van der Waals surface area contributed by atoms with Crippen LogP contribution in [0.1, 0.15) is 11.1 Å². The Kier molecular flexibility index (Phi) is 9.39. The summed E-state index contributed by atoms with van der Waals surface area (Å²) in [5.41, 5.74) is 13.1. The van der Waals surface area contributed by atoms with Crippen LogP contribution < -0.4 is 0 Å². The van der Waals surface area contributed by atoms with E-state index in [1.807, 2.05) is 206 Å². The van der Waals surface area contributed by atoms with Crippen molar-refractivity contribution in [1.29, 1.82) is 0 Å². The van der Waals surface area contributed by atoms with Gasteiger partial charge in [-0.15, -0.1) is 0 Å². The van der Waals surface area contributed by atoms with Crippen molar-refractivity contribution in [1.82, 2.24) is 19.9 Å². The fourth-order valence-electron chi connectivity index (χ4n) is 8.39. The summed E-state index contributed by atoms with van der Waals surface area (Å²) >= 11 is 0. The van der Waals surface area contributed by atoms with Crippen LogP contribution in [0.5, 0.6) is 0 Å². The van der Waals surface area contributed by atoms with Gasteiger partial charge in [0.15, 0.2) is 11.6 Å². The molecular weight excluding hydrogens is 779 g/mol. The normalized spacial score (nSPS) is 12.4. The summed E-state index contributed by atoms with van der Waals surface area (Å²) in [4.78, 5) is 19.7. The van der Waals surface area contributed by atoms with Crippen molar-refractivity contribution < 1.29 is 8.78 Å². The standard InChI is InChI=1S/C57H36F2N4/c58-57(59)49-33-45(37-21-25-41(26-22-37)53-35-51(39-13-5-1-6-14-39)60-55(62-53)43-17-9-3-10-18-43)29-31-47(49)48-32-30-46(34-50(48)57)38-23-27-42(28-24-38)54-36-52(40-15-7-2-8-16-40)61-56(63-54)44-19-11-4-12-20-44/h1-36H. The average Bonchev–Trinajstić information content (AvgIpc) is 3.59. The first kappa shape index (κ1) is 37.8. The van der Waals surface area contributed by atoms with Crippen LogP contribution in [0.2, 0.25) is 0 Å². The zero-order chi connectivity index (χ0) is 42.3. The van der Waals surface area contributed by atoms with Gasteiger partial charge in [-0.2, -0.15) is 8.78 Å². The largest absolute Gasteiger partial charge is 0.299 e. The number of nitrogens with zero attached hydrogens (tertiary/aromatic N) is 4. The maximum absolute atomic E-state index is 16.6. The van der Waals surface area contributed by atoms with Crippen LogP contribution in [-0.4, -0.2) is 19.9 Å². The lowest BCUT2D eigenvalue weighted by molar-refractivity contribution is 0.0481. The van der Waals surface area contributed by atoms with Crippen molar-refractivity contribution in [2.24, 2.45) is 0 Å².